The second-order valence-corrected chi connectivity index (χ2v) is 22.4. The number of oxime groups is 1. The summed E-state index contributed by atoms with van der Waals surface area (Å²) in [5.74, 6) is 1.92. The smallest absolute Gasteiger partial charge is 0.234 e. The summed E-state index contributed by atoms with van der Waals surface area (Å²) >= 11 is 0. The molecule has 8 heterocycles. The molecule has 1 saturated carbocycles. The number of phenolic OH excluding ortho intramolecular Hbond substituents is 1. The van der Waals surface area contributed by atoms with Gasteiger partial charge in [0, 0.05) is 92.2 Å². The summed E-state index contributed by atoms with van der Waals surface area (Å²) in [7, 11) is 0. The molecule has 4 saturated heterocycles. The molecule has 6 atom stereocenters. The molecule has 5 aliphatic heterocycles. The van der Waals surface area contributed by atoms with Crippen molar-refractivity contribution in [2.75, 3.05) is 48.3 Å². The Kier molecular flexibility index (Phi) is 13.3. The molecule has 2 bridgehead atoms. The summed E-state index contributed by atoms with van der Waals surface area (Å²) in [6, 6.07) is 25.7. The van der Waals surface area contributed by atoms with Crippen molar-refractivity contribution in [3.8, 4) is 28.1 Å². The van der Waals surface area contributed by atoms with Gasteiger partial charge in [0.05, 0.1) is 29.2 Å². The van der Waals surface area contributed by atoms with E-state index in [-0.39, 0.29) is 47.9 Å². The van der Waals surface area contributed by atoms with Crippen LogP contribution in [-0.4, -0.2) is 120 Å². The van der Waals surface area contributed by atoms with Gasteiger partial charge in [-0.1, -0.05) is 78.8 Å². The molecule has 0 radical (unpaired) electrons. The minimum atomic E-state index is -1.03. The highest BCUT2D eigenvalue weighted by atomic mass is 19.1. The summed E-state index contributed by atoms with van der Waals surface area (Å²) in [6.45, 7) is 9.70. The van der Waals surface area contributed by atoms with Crippen molar-refractivity contribution in [1.82, 2.24) is 40.4 Å². The van der Waals surface area contributed by atoms with Gasteiger partial charge in [-0.15, -0.1) is 10.2 Å². The average molecular weight is 1030 g/mol. The van der Waals surface area contributed by atoms with Gasteiger partial charge >= 0.3 is 0 Å². The molecule has 1 aliphatic carbocycles. The lowest BCUT2D eigenvalue weighted by atomic mass is 9.81. The number of amidine groups is 1. The molecule has 12 rings (SSSR count). The van der Waals surface area contributed by atoms with Crippen molar-refractivity contribution >= 4 is 29.2 Å². The number of rotatable bonds is 12. The van der Waals surface area contributed by atoms with Crippen molar-refractivity contribution in [1.29, 1.82) is 0 Å². The van der Waals surface area contributed by atoms with Gasteiger partial charge in [-0.3, -0.25) is 4.79 Å². The molecule has 76 heavy (non-hydrogen) atoms. The predicted octanol–water partition coefficient (Wildman–Crippen LogP) is 8.29. The number of aliphatic hydroxyl groups is 1. The van der Waals surface area contributed by atoms with Crippen LogP contribution in [0.4, 0.5) is 21.8 Å². The quantitative estimate of drug-likeness (QED) is 0.0910. The number of carbonyl (C=O) groups is 1. The number of aliphatic hydroxyl groups excluding tert-OH is 1. The number of hydrogen-bond acceptors (Lipinski definition) is 16. The first-order chi connectivity index (χ1) is 36.9. The Balaban J connectivity index is 0.625. The number of carbonyl (C=O) groups excluding carboxylic acids is 1. The fourth-order valence-electron chi connectivity index (χ4n) is 13.1. The van der Waals surface area contributed by atoms with Crippen LogP contribution in [0.15, 0.2) is 107 Å². The van der Waals surface area contributed by atoms with Crippen molar-refractivity contribution in [2.45, 2.75) is 132 Å². The van der Waals surface area contributed by atoms with Gasteiger partial charge in [0.25, 0.3) is 0 Å². The van der Waals surface area contributed by atoms with Gasteiger partial charge in [-0.2, -0.15) is 0 Å². The third-order valence-corrected chi connectivity index (χ3v) is 17.3. The molecule has 6 aliphatic rings. The lowest BCUT2D eigenvalue weighted by Crippen LogP contribution is -2.54. The van der Waals surface area contributed by atoms with Crippen molar-refractivity contribution in [3.63, 3.8) is 0 Å². The number of aromatic hydroxyl groups is 1. The highest BCUT2D eigenvalue weighted by Crippen LogP contribution is 2.42. The van der Waals surface area contributed by atoms with Crippen LogP contribution in [0.5, 0.6) is 5.75 Å². The van der Waals surface area contributed by atoms with E-state index < -0.39 is 23.8 Å². The molecule has 5 fully saturated rings. The first-order valence-electron chi connectivity index (χ1n) is 27.2. The first-order valence-corrected chi connectivity index (χ1v) is 27.2. The standard InChI is InChI=1S/C58H67FN12O5/c1-34(2)53(56(74)70-33-43(72)26-50(70)55-63-58(3,76-67-55)39-16-12-36(13-17-39)44-8-4-6-10-46(44)59)52-28-47(66-75-52)37-14-18-40(19-15-37)68-24-22-35(23-25-68)38-29-61-57(62-30-38)71-41-20-21-42(71)32-69(31-41)49-27-48(64-65-54(49)60)45-9-5-7-11-51(45)73/h4-13,16-17,27-30,34-35,37,40-43,50,53,72-73H,14-15,18-26,31-33H2,1-3H3,(H2,60,65)(H,63,67)/t37-,40-,41?,42?,43-,50+,53-,58-/m1/s1. The van der Waals surface area contributed by atoms with Crippen LogP contribution < -0.4 is 20.9 Å². The number of nitrogens with one attached hydrogen (secondary N) is 1. The van der Waals surface area contributed by atoms with E-state index >= 15 is 0 Å². The van der Waals surface area contributed by atoms with E-state index in [2.05, 4.69) is 52.9 Å². The Bertz CT molecular complexity index is 3070. The van der Waals surface area contributed by atoms with Crippen molar-refractivity contribution in [3.05, 3.63) is 126 Å². The van der Waals surface area contributed by atoms with E-state index in [1.54, 1.807) is 29.2 Å². The molecule has 18 heteroatoms. The zero-order valence-electron chi connectivity index (χ0n) is 43.4. The molecule has 3 aromatic carbocycles. The maximum absolute atomic E-state index is 14.6. The van der Waals surface area contributed by atoms with Gasteiger partial charge < -0.3 is 50.2 Å². The molecule has 396 valence electrons. The SMILES string of the molecule is CC(C)[C@@H](C(=O)N1C[C@H](O)C[C@H]1C1=NO[C@](C)(c2ccc(-c3ccccc3F)cc2)N1)c1cc([C@H]2CC[C@H](N3CCC(c4cnc(N5C6CCC5CN(c5cc(-c7ccccc7O)nnc5N)C6)nc4)CC3)CC2)no1. The number of piperidine rings is 1. The zero-order valence-corrected chi connectivity index (χ0v) is 43.4. The fourth-order valence-corrected chi connectivity index (χ4v) is 13.1. The minimum Gasteiger partial charge on any atom is -0.507 e. The second kappa shape index (κ2) is 20.4. The molecule has 17 nitrogen and oxygen atoms in total. The number of β-amino-alcohol motifs (C(OH)–C–C–N with tert-alkyl or cyclic N) is 1. The van der Waals surface area contributed by atoms with E-state index in [1.807, 2.05) is 75.4 Å². The minimum absolute atomic E-state index is 0.0926. The van der Waals surface area contributed by atoms with E-state index in [9.17, 15) is 19.4 Å². The predicted molar refractivity (Wildman–Crippen MR) is 287 cm³/mol. The van der Waals surface area contributed by atoms with E-state index in [1.165, 1.54) is 11.6 Å². The molecule has 5 N–H and O–H groups in total. The van der Waals surface area contributed by atoms with Gasteiger partial charge in [-0.25, -0.2) is 14.4 Å². The Hall–Kier alpha value is -7.18. The van der Waals surface area contributed by atoms with E-state index in [0.29, 0.717) is 52.6 Å². The number of fused-ring (bicyclic) bond motifs is 2. The summed E-state index contributed by atoms with van der Waals surface area (Å²) in [5, 5.41) is 42.4. The van der Waals surface area contributed by atoms with E-state index in [0.717, 1.165) is 106 Å². The largest absolute Gasteiger partial charge is 0.507 e. The molecular weight excluding hydrogens is 964 g/mol. The number of para-hydroxylation sites is 1. The van der Waals surface area contributed by atoms with Crippen LogP contribution >= 0.6 is 0 Å². The molecule has 6 aromatic rings. The number of likely N-dealkylation sites (tertiary alicyclic amines) is 2. The number of amides is 1. The third-order valence-electron chi connectivity index (χ3n) is 17.3. The van der Waals surface area contributed by atoms with Crippen molar-refractivity contribution in [2.24, 2.45) is 11.1 Å². The number of benzene rings is 3. The van der Waals surface area contributed by atoms with E-state index in [4.69, 9.17) is 25.1 Å². The molecule has 2 unspecified atom stereocenters. The fraction of sp³-hybridized carbons (Fsp3) is 0.466. The number of hydrogen-bond donors (Lipinski definition) is 4. The number of anilines is 3. The monoisotopic (exact) mass is 1030 g/mol. The number of halogens is 1. The lowest BCUT2D eigenvalue weighted by molar-refractivity contribution is -0.134. The Morgan fingerprint density at radius 1 is 0.829 bits per heavy atom. The molecule has 3 aromatic heterocycles. The van der Waals surface area contributed by atoms with Gasteiger partial charge in [-0.05, 0) is 112 Å². The number of phenols is 1. The van der Waals surface area contributed by atoms with Gasteiger partial charge in [0.1, 0.15) is 23.2 Å². The van der Waals surface area contributed by atoms with Crippen LogP contribution in [0.25, 0.3) is 22.4 Å². The van der Waals surface area contributed by atoms with Crippen molar-refractivity contribution < 1.29 is 28.8 Å². The van der Waals surface area contributed by atoms with Crippen LogP contribution in [0, 0.1) is 11.7 Å². The maximum Gasteiger partial charge on any atom is 0.234 e. The molecular formula is C58H67FN12O5. The Labute approximate surface area is 442 Å². The normalized spacial score (nSPS) is 26.4. The molecule has 1 amide bonds. The second-order valence-electron chi connectivity index (χ2n) is 22.4. The van der Waals surface area contributed by atoms with Crippen LogP contribution in [-0.2, 0) is 15.4 Å². The third kappa shape index (κ3) is 9.47. The summed E-state index contributed by atoms with van der Waals surface area (Å²) < 4.78 is 20.6. The number of nitrogens with zero attached hydrogens (tertiary/aromatic N) is 10. The maximum atomic E-state index is 14.6. The van der Waals surface area contributed by atoms with Gasteiger partial charge in [0.15, 0.2) is 11.7 Å². The number of nitrogens with two attached hydrogens (primary N) is 1. The topological polar surface area (TPSA) is 208 Å². The summed E-state index contributed by atoms with van der Waals surface area (Å²) in [6.07, 6.45) is 12.1. The Morgan fingerprint density at radius 2 is 1.51 bits per heavy atom. The molecule has 0 spiro atoms. The first kappa shape index (κ1) is 49.7. The zero-order chi connectivity index (χ0) is 52.2. The highest BCUT2D eigenvalue weighted by molar-refractivity contribution is 5.94. The van der Waals surface area contributed by atoms with Crippen LogP contribution in [0.1, 0.15) is 119 Å². The van der Waals surface area contributed by atoms with Crippen LogP contribution in [0.3, 0.4) is 0 Å². The number of piperazine rings is 1. The summed E-state index contributed by atoms with van der Waals surface area (Å²) in [4.78, 5) is 39.7. The van der Waals surface area contributed by atoms with Crippen LogP contribution in [0.2, 0.25) is 0 Å². The average Bonchev–Trinajstić information content (AvgIpc) is 4.29. The summed E-state index contributed by atoms with van der Waals surface area (Å²) in [5.41, 5.74) is 11.6. The highest BCUT2D eigenvalue weighted by Gasteiger charge is 2.47. The number of aromatic nitrogens is 5. The van der Waals surface area contributed by atoms with Gasteiger partial charge in [0.2, 0.25) is 17.6 Å². The lowest BCUT2D eigenvalue weighted by Gasteiger charge is -2.42. The Morgan fingerprint density at radius 3 is 2.21 bits per heavy atom. The number of nitrogen functional groups attached to an aromatic ring is 1.